The third kappa shape index (κ3) is 4.44. The van der Waals surface area contributed by atoms with Crippen LogP contribution in [-0.2, 0) is 16.4 Å². The Hall–Kier alpha value is -3.41. The zero-order chi connectivity index (χ0) is 24.0. The van der Waals surface area contributed by atoms with Crippen molar-refractivity contribution in [1.82, 2.24) is 4.98 Å². The summed E-state index contributed by atoms with van der Waals surface area (Å²) in [6, 6.07) is 6.16. The minimum absolute atomic E-state index is 0.0191. The molecule has 170 valence electrons. The zero-order valence-electron chi connectivity index (χ0n) is 16.8. The number of hydrogen-bond acceptors (Lipinski definition) is 5. The molecule has 12 heteroatoms. The molecule has 0 atom stereocenters. The van der Waals surface area contributed by atoms with Gasteiger partial charge in [0.1, 0.15) is 11.6 Å². The van der Waals surface area contributed by atoms with Crippen molar-refractivity contribution in [3.05, 3.63) is 65.2 Å². The van der Waals surface area contributed by atoms with Crippen LogP contribution in [0.15, 0.2) is 41.3 Å². The van der Waals surface area contributed by atoms with Gasteiger partial charge in [-0.1, -0.05) is 18.7 Å². The molecule has 0 bridgehead atoms. The van der Waals surface area contributed by atoms with Crippen molar-refractivity contribution in [3.63, 3.8) is 0 Å². The number of pyridine rings is 1. The topological polar surface area (TPSA) is 106 Å². The van der Waals surface area contributed by atoms with Crippen LogP contribution in [0.1, 0.15) is 27.2 Å². The number of carbonyl (C=O) groups is 1. The van der Waals surface area contributed by atoms with E-state index in [1.165, 1.54) is 24.3 Å². The van der Waals surface area contributed by atoms with Crippen LogP contribution in [-0.4, -0.2) is 38.8 Å². The summed E-state index contributed by atoms with van der Waals surface area (Å²) < 4.78 is 83.5. The Bertz CT molecular complexity index is 1330. The van der Waals surface area contributed by atoms with Crippen LogP contribution in [0.3, 0.4) is 0 Å². The number of anilines is 1. The lowest BCUT2D eigenvalue weighted by atomic mass is 10.0. The number of sulfonamides is 1. The van der Waals surface area contributed by atoms with E-state index in [4.69, 9.17) is 10.2 Å². The number of fused-ring (bicyclic) bond motifs is 1. The largest absolute Gasteiger partial charge is 0.441 e. The van der Waals surface area contributed by atoms with Gasteiger partial charge in [0.15, 0.2) is 5.82 Å². The fourth-order valence-corrected chi connectivity index (χ4v) is 3.47. The molecule has 3 aromatic rings. The van der Waals surface area contributed by atoms with E-state index in [1.54, 1.807) is 0 Å². The van der Waals surface area contributed by atoms with E-state index in [9.17, 15) is 30.8 Å². The lowest BCUT2D eigenvalue weighted by Gasteiger charge is -2.20. The van der Waals surface area contributed by atoms with Crippen LogP contribution in [0.5, 0.6) is 0 Å². The molecule has 1 aromatic carbocycles. The minimum atomic E-state index is -4.91. The molecule has 7 nitrogen and oxygen atoms in total. The summed E-state index contributed by atoms with van der Waals surface area (Å²) in [5, 5.41) is -0.138. The normalized spacial score (nSPS) is 12.2. The van der Waals surface area contributed by atoms with Crippen molar-refractivity contribution in [1.29, 1.82) is 0 Å². The SMILES string of the molecule is C=C(c1cc2c(C(N)=O)c(Cc3ccc(F)cc3)oc2nc1N(C)S(C)(=O)=O)C(F)(F)F. The average molecular weight is 471 g/mol. The number of rotatable bonds is 6. The van der Waals surface area contributed by atoms with Crippen molar-refractivity contribution in [2.45, 2.75) is 12.6 Å². The number of aromatic nitrogens is 1. The molecule has 0 aliphatic heterocycles. The highest BCUT2D eigenvalue weighted by Gasteiger charge is 2.37. The molecule has 0 unspecified atom stereocenters. The smallest absolute Gasteiger partial charge is 0.416 e. The van der Waals surface area contributed by atoms with E-state index in [2.05, 4.69) is 11.6 Å². The molecule has 2 aromatic heterocycles. The zero-order valence-corrected chi connectivity index (χ0v) is 17.6. The van der Waals surface area contributed by atoms with Crippen molar-refractivity contribution < 1.29 is 35.2 Å². The number of nitrogens with two attached hydrogens (primary N) is 1. The molecule has 0 radical (unpaired) electrons. The maximum Gasteiger partial charge on any atom is 0.416 e. The number of alkyl halides is 3. The Kier molecular flexibility index (Phi) is 5.77. The van der Waals surface area contributed by atoms with Crippen molar-refractivity contribution in [2.75, 3.05) is 17.6 Å². The second kappa shape index (κ2) is 7.93. The lowest BCUT2D eigenvalue weighted by molar-refractivity contribution is -0.0686. The average Bonchev–Trinajstić information content (AvgIpc) is 3.03. The Labute approximate surface area is 180 Å². The van der Waals surface area contributed by atoms with Crippen LogP contribution in [0.4, 0.5) is 23.4 Å². The predicted octanol–water partition coefficient (Wildman–Crippen LogP) is 3.63. The number of primary amides is 1. The molecule has 0 spiro atoms. The van der Waals surface area contributed by atoms with Crippen LogP contribution in [0.25, 0.3) is 16.7 Å². The lowest BCUT2D eigenvalue weighted by Crippen LogP contribution is -2.27. The quantitative estimate of drug-likeness (QED) is 0.553. The first kappa shape index (κ1) is 23.3. The second-order valence-corrected chi connectivity index (χ2v) is 9.00. The Morgan fingerprint density at radius 3 is 2.34 bits per heavy atom. The van der Waals surface area contributed by atoms with Gasteiger partial charge in [0.2, 0.25) is 15.7 Å². The van der Waals surface area contributed by atoms with Gasteiger partial charge in [-0.2, -0.15) is 18.2 Å². The fourth-order valence-electron chi connectivity index (χ4n) is 3.02. The first-order valence-electron chi connectivity index (χ1n) is 8.91. The summed E-state index contributed by atoms with van der Waals surface area (Å²) in [6.45, 7) is 3.02. The van der Waals surface area contributed by atoms with Crippen LogP contribution < -0.4 is 10.0 Å². The summed E-state index contributed by atoms with van der Waals surface area (Å²) in [5.74, 6) is -2.08. The number of furan rings is 1. The van der Waals surface area contributed by atoms with E-state index < -0.39 is 44.9 Å². The maximum atomic E-state index is 13.4. The molecule has 1 amide bonds. The highest BCUT2D eigenvalue weighted by Crippen LogP contribution is 2.40. The van der Waals surface area contributed by atoms with Crippen LogP contribution in [0, 0.1) is 5.82 Å². The maximum absolute atomic E-state index is 13.4. The number of nitrogens with zero attached hydrogens (tertiary/aromatic N) is 2. The number of carbonyl (C=O) groups excluding carboxylic acids is 1. The van der Waals surface area contributed by atoms with Gasteiger partial charge in [0.05, 0.1) is 22.8 Å². The van der Waals surface area contributed by atoms with Gasteiger partial charge in [-0.05, 0) is 23.8 Å². The molecule has 0 fully saturated rings. The van der Waals surface area contributed by atoms with E-state index in [-0.39, 0.29) is 28.8 Å². The molecular weight excluding hydrogens is 454 g/mol. The minimum Gasteiger partial charge on any atom is -0.441 e. The molecule has 3 rings (SSSR count). The van der Waals surface area contributed by atoms with Gasteiger partial charge in [-0.3, -0.25) is 9.10 Å². The molecule has 32 heavy (non-hydrogen) atoms. The predicted molar refractivity (Wildman–Crippen MR) is 110 cm³/mol. The summed E-state index contributed by atoms with van der Waals surface area (Å²) in [7, 11) is -2.98. The standard InChI is InChI=1S/C20H17F4N3O4S/c1-10(20(22,23)24)13-9-14-16(17(25)28)15(8-11-4-6-12(21)7-5-11)31-19(14)26-18(13)27(2)32(3,29)30/h4-7,9H,1,8H2,2-3H3,(H2,25,28). The Morgan fingerprint density at radius 2 is 1.84 bits per heavy atom. The summed E-state index contributed by atoms with van der Waals surface area (Å²) in [4.78, 5) is 16.1. The van der Waals surface area contributed by atoms with Crippen molar-refractivity contribution in [3.8, 4) is 0 Å². The molecule has 0 saturated carbocycles. The molecule has 2 heterocycles. The van der Waals surface area contributed by atoms with Gasteiger partial charge in [-0.15, -0.1) is 0 Å². The summed E-state index contributed by atoms with van der Waals surface area (Å²) in [6.07, 6.45) is -4.16. The van der Waals surface area contributed by atoms with Crippen LogP contribution >= 0.6 is 0 Å². The van der Waals surface area contributed by atoms with E-state index >= 15 is 0 Å². The Balaban J connectivity index is 2.29. The molecule has 0 aliphatic rings. The summed E-state index contributed by atoms with van der Waals surface area (Å²) in [5.41, 5.74) is 3.44. The monoisotopic (exact) mass is 471 g/mol. The van der Waals surface area contributed by atoms with Gasteiger partial charge >= 0.3 is 6.18 Å². The van der Waals surface area contributed by atoms with Crippen LogP contribution in [0.2, 0.25) is 0 Å². The number of amides is 1. The first-order valence-corrected chi connectivity index (χ1v) is 10.8. The first-order chi connectivity index (χ1) is 14.7. The van der Waals surface area contributed by atoms with Gasteiger partial charge < -0.3 is 10.2 Å². The van der Waals surface area contributed by atoms with Gasteiger partial charge in [-0.25, -0.2) is 12.8 Å². The van der Waals surface area contributed by atoms with E-state index in [0.29, 0.717) is 9.87 Å². The van der Waals surface area contributed by atoms with Gasteiger partial charge in [0, 0.05) is 19.0 Å². The van der Waals surface area contributed by atoms with E-state index in [1.807, 2.05) is 0 Å². The fraction of sp³-hybridized carbons (Fsp3) is 0.200. The molecular formula is C20H17F4N3O4S. The third-order valence-corrected chi connectivity index (χ3v) is 5.89. The number of hydrogen-bond donors (Lipinski definition) is 1. The highest BCUT2D eigenvalue weighted by molar-refractivity contribution is 7.92. The second-order valence-electron chi connectivity index (χ2n) is 6.99. The molecule has 0 aliphatic carbocycles. The van der Waals surface area contributed by atoms with Crippen molar-refractivity contribution in [2.24, 2.45) is 5.73 Å². The number of benzene rings is 1. The van der Waals surface area contributed by atoms with Gasteiger partial charge in [0.25, 0.3) is 5.91 Å². The molecule has 0 saturated heterocycles. The number of allylic oxidation sites excluding steroid dienone is 1. The third-order valence-electron chi connectivity index (χ3n) is 4.72. The number of halogens is 4. The highest BCUT2D eigenvalue weighted by atomic mass is 32.2. The van der Waals surface area contributed by atoms with Crippen molar-refractivity contribution >= 4 is 38.4 Å². The molecule has 2 N–H and O–H groups in total. The van der Waals surface area contributed by atoms with E-state index in [0.717, 1.165) is 19.4 Å². The Morgan fingerprint density at radius 1 is 1.25 bits per heavy atom. The summed E-state index contributed by atoms with van der Waals surface area (Å²) >= 11 is 0.